The summed E-state index contributed by atoms with van der Waals surface area (Å²) in [6.45, 7) is 0. The van der Waals surface area contributed by atoms with Gasteiger partial charge in [-0.05, 0) is 5.56 Å². The van der Waals surface area contributed by atoms with Crippen LogP contribution in [0.15, 0.2) is 34.7 Å². The summed E-state index contributed by atoms with van der Waals surface area (Å²) in [5, 5.41) is 8.09. The number of nitrogen functional groups attached to an aromatic ring is 1. The molecule has 0 radical (unpaired) electrons. The number of thioether (sulfide) groups is 1. The van der Waals surface area contributed by atoms with Crippen LogP contribution in [0.5, 0.6) is 0 Å². The maximum Gasteiger partial charge on any atom is 0.313 e. The Hall–Kier alpha value is -1.60. The molecule has 19 heavy (non-hydrogen) atoms. The summed E-state index contributed by atoms with van der Waals surface area (Å²) in [5.41, 5.74) is 6.45. The number of rotatable bonds is 5. The van der Waals surface area contributed by atoms with Crippen LogP contribution in [0.25, 0.3) is 0 Å². The number of methoxy groups -OCH3 is 1. The Kier molecular flexibility index (Phi) is 4.75. The van der Waals surface area contributed by atoms with Crippen LogP contribution < -0.4 is 5.73 Å². The fraction of sp³-hybridized carbons (Fsp3) is 0.250. The average Bonchev–Trinajstić information content (AvgIpc) is 2.85. The molecule has 0 aliphatic heterocycles. The summed E-state index contributed by atoms with van der Waals surface area (Å²) in [4.78, 5) is 11.8. The first-order chi connectivity index (χ1) is 9.20. The topological polar surface area (TPSA) is 78.1 Å². The van der Waals surface area contributed by atoms with Crippen molar-refractivity contribution in [3.05, 3.63) is 35.9 Å². The molecule has 1 atom stereocenters. The highest BCUT2D eigenvalue weighted by molar-refractivity contribution is 8.01. The van der Waals surface area contributed by atoms with Crippen LogP contribution >= 0.6 is 23.1 Å². The predicted octanol–water partition coefficient (Wildman–Crippen LogP) is 2.17. The van der Waals surface area contributed by atoms with E-state index in [0.29, 0.717) is 10.9 Å². The molecule has 0 amide bonds. The first-order valence-electron chi connectivity index (χ1n) is 5.55. The maximum absolute atomic E-state index is 11.8. The number of carbonyl (C=O) groups excluding carboxylic acids is 1. The Morgan fingerprint density at radius 2 is 2.16 bits per heavy atom. The van der Waals surface area contributed by atoms with E-state index in [0.717, 1.165) is 9.90 Å². The summed E-state index contributed by atoms with van der Waals surface area (Å²) >= 11 is 2.76. The molecular formula is C12H13N3O2S2. The molecule has 1 aromatic heterocycles. The van der Waals surface area contributed by atoms with Gasteiger partial charge in [-0.25, -0.2) is 0 Å². The number of nitrogens with two attached hydrogens (primary N) is 1. The number of hydrogen-bond donors (Lipinski definition) is 1. The smallest absolute Gasteiger partial charge is 0.313 e. The SMILES string of the molecule is COC(=O)C(CSc1nnc(N)s1)c1ccccc1. The highest BCUT2D eigenvalue weighted by Crippen LogP contribution is 2.29. The van der Waals surface area contributed by atoms with Gasteiger partial charge in [0, 0.05) is 5.75 Å². The first-order valence-corrected chi connectivity index (χ1v) is 7.35. The minimum atomic E-state index is -0.318. The van der Waals surface area contributed by atoms with Crippen molar-refractivity contribution in [2.24, 2.45) is 0 Å². The van der Waals surface area contributed by atoms with E-state index in [-0.39, 0.29) is 11.9 Å². The molecule has 1 aromatic carbocycles. The fourth-order valence-corrected chi connectivity index (χ4v) is 3.34. The Labute approximate surface area is 119 Å². The Balaban J connectivity index is 2.09. The molecule has 0 saturated carbocycles. The predicted molar refractivity (Wildman–Crippen MR) is 76.2 cm³/mol. The van der Waals surface area contributed by atoms with Crippen molar-refractivity contribution in [2.45, 2.75) is 10.3 Å². The quantitative estimate of drug-likeness (QED) is 0.673. The first kappa shape index (κ1) is 13.8. The number of benzene rings is 1. The van der Waals surface area contributed by atoms with Gasteiger partial charge in [-0.1, -0.05) is 53.4 Å². The largest absolute Gasteiger partial charge is 0.469 e. The molecule has 0 aliphatic rings. The van der Waals surface area contributed by atoms with E-state index in [9.17, 15) is 4.79 Å². The molecule has 0 aliphatic carbocycles. The lowest BCUT2D eigenvalue weighted by atomic mass is 10.0. The van der Waals surface area contributed by atoms with E-state index in [1.54, 1.807) is 0 Å². The van der Waals surface area contributed by atoms with E-state index in [4.69, 9.17) is 10.5 Å². The van der Waals surface area contributed by atoms with Crippen LogP contribution in [0, 0.1) is 0 Å². The van der Waals surface area contributed by atoms with Crippen LogP contribution in [-0.4, -0.2) is 29.0 Å². The molecule has 0 saturated heterocycles. The van der Waals surface area contributed by atoms with Crippen LogP contribution in [0.1, 0.15) is 11.5 Å². The monoisotopic (exact) mass is 295 g/mol. The van der Waals surface area contributed by atoms with Gasteiger partial charge in [-0.15, -0.1) is 10.2 Å². The van der Waals surface area contributed by atoms with Crippen molar-refractivity contribution in [2.75, 3.05) is 18.6 Å². The van der Waals surface area contributed by atoms with Gasteiger partial charge in [-0.2, -0.15) is 0 Å². The second-order valence-electron chi connectivity index (χ2n) is 3.70. The van der Waals surface area contributed by atoms with Crippen LogP contribution in [0.4, 0.5) is 5.13 Å². The van der Waals surface area contributed by atoms with Crippen molar-refractivity contribution in [3.63, 3.8) is 0 Å². The summed E-state index contributed by atoms with van der Waals surface area (Å²) in [7, 11) is 1.39. The van der Waals surface area contributed by atoms with Gasteiger partial charge in [0.15, 0.2) is 4.34 Å². The van der Waals surface area contributed by atoms with E-state index in [2.05, 4.69) is 10.2 Å². The maximum atomic E-state index is 11.8. The number of anilines is 1. The van der Waals surface area contributed by atoms with Crippen molar-refractivity contribution in [3.8, 4) is 0 Å². The van der Waals surface area contributed by atoms with E-state index >= 15 is 0 Å². The lowest BCUT2D eigenvalue weighted by Gasteiger charge is -2.13. The molecule has 2 N–H and O–H groups in total. The second-order valence-corrected chi connectivity index (χ2v) is 5.98. The number of hydrogen-bond acceptors (Lipinski definition) is 7. The highest BCUT2D eigenvalue weighted by Gasteiger charge is 2.22. The van der Waals surface area contributed by atoms with E-state index in [1.165, 1.54) is 30.2 Å². The summed E-state index contributed by atoms with van der Waals surface area (Å²) in [6, 6.07) is 9.54. The lowest BCUT2D eigenvalue weighted by molar-refractivity contribution is -0.141. The number of nitrogens with zero attached hydrogens (tertiary/aromatic N) is 2. The number of ether oxygens (including phenoxy) is 1. The highest BCUT2D eigenvalue weighted by atomic mass is 32.2. The number of aromatic nitrogens is 2. The lowest BCUT2D eigenvalue weighted by Crippen LogP contribution is -2.16. The minimum Gasteiger partial charge on any atom is -0.469 e. The zero-order valence-electron chi connectivity index (χ0n) is 10.3. The molecule has 0 spiro atoms. The van der Waals surface area contributed by atoms with Gasteiger partial charge >= 0.3 is 5.97 Å². The van der Waals surface area contributed by atoms with E-state index < -0.39 is 0 Å². The standard InChI is InChI=1S/C12H13N3O2S2/c1-17-10(16)9(8-5-3-2-4-6-8)7-18-12-15-14-11(13)19-12/h2-6,9H,7H2,1H3,(H2,13,14). The van der Waals surface area contributed by atoms with Gasteiger partial charge in [0.25, 0.3) is 0 Å². The molecule has 5 nitrogen and oxygen atoms in total. The summed E-state index contributed by atoms with van der Waals surface area (Å²) in [6.07, 6.45) is 0. The summed E-state index contributed by atoms with van der Waals surface area (Å²) < 4.78 is 5.60. The van der Waals surface area contributed by atoms with Gasteiger partial charge < -0.3 is 10.5 Å². The van der Waals surface area contributed by atoms with Crippen LogP contribution in [0.2, 0.25) is 0 Å². The Bertz CT molecular complexity index is 545. The van der Waals surface area contributed by atoms with Crippen molar-refractivity contribution in [1.29, 1.82) is 0 Å². The van der Waals surface area contributed by atoms with E-state index in [1.807, 2.05) is 30.3 Å². The third-order valence-corrected chi connectivity index (χ3v) is 4.46. The molecule has 100 valence electrons. The fourth-order valence-electron chi connectivity index (χ4n) is 1.56. The molecule has 1 unspecified atom stereocenters. The van der Waals surface area contributed by atoms with Gasteiger partial charge in [0.05, 0.1) is 13.0 Å². The average molecular weight is 295 g/mol. The van der Waals surface area contributed by atoms with Crippen LogP contribution in [-0.2, 0) is 9.53 Å². The Morgan fingerprint density at radius 1 is 1.42 bits per heavy atom. The van der Waals surface area contributed by atoms with Gasteiger partial charge in [0.2, 0.25) is 5.13 Å². The third kappa shape index (κ3) is 3.68. The van der Waals surface area contributed by atoms with Crippen molar-refractivity contribution < 1.29 is 9.53 Å². The molecule has 2 rings (SSSR count). The molecular weight excluding hydrogens is 282 g/mol. The normalized spacial score (nSPS) is 12.1. The zero-order valence-corrected chi connectivity index (χ0v) is 11.9. The van der Waals surface area contributed by atoms with Crippen molar-refractivity contribution in [1.82, 2.24) is 10.2 Å². The third-order valence-electron chi connectivity index (χ3n) is 2.48. The molecule has 0 fully saturated rings. The molecule has 0 bridgehead atoms. The summed E-state index contributed by atoms with van der Waals surface area (Å²) in [5.74, 6) is -0.0248. The molecule has 7 heteroatoms. The second kappa shape index (κ2) is 6.53. The van der Waals surface area contributed by atoms with Gasteiger partial charge in [-0.3, -0.25) is 4.79 Å². The zero-order chi connectivity index (χ0) is 13.7. The van der Waals surface area contributed by atoms with Crippen LogP contribution in [0.3, 0.4) is 0 Å². The minimum absolute atomic E-state index is 0.254. The van der Waals surface area contributed by atoms with Crippen molar-refractivity contribution >= 4 is 34.2 Å². The van der Waals surface area contributed by atoms with Gasteiger partial charge in [0.1, 0.15) is 0 Å². The molecule has 2 aromatic rings. The number of esters is 1. The number of carbonyl (C=O) groups is 1. The molecule has 1 heterocycles. The Morgan fingerprint density at radius 3 is 2.74 bits per heavy atom.